The number of carbonyl (C=O) groups is 5. The van der Waals surface area contributed by atoms with Gasteiger partial charge in [0.25, 0.3) is 11.8 Å². The van der Waals surface area contributed by atoms with Crippen molar-refractivity contribution in [1.82, 2.24) is 53.0 Å². The number of rotatable bonds is 10. The molecule has 2 fully saturated rings. The first-order valence-electron chi connectivity index (χ1n) is 14.4. The van der Waals surface area contributed by atoms with Crippen LogP contribution in [0.15, 0.2) is 12.2 Å². The molecule has 41 heavy (non-hydrogen) atoms. The van der Waals surface area contributed by atoms with E-state index in [9.17, 15) is 24.0 Å². The van der Waals surface area contributed by atoms with Crippen molar-refractivity contribution in [2.24, 2.45) is 0 Å². The first-order chi connectivity index (χ1) is 19.7. The maximum absolute atomic E-state index is 13.0. The average molecular weight is 579 g/mol. The normalized spacial score (nSPS) is 26.1. The minimum Gasteiger partial charge on any atom is -0.356 e. The summed E-state index contributed by atoms with van der Waals surface area (Å²) in [5.74, 6) is -1.10. The number of carbonyl (C=O) groups excluding carboxylic acids is 5. The third-order valence-corrected chi connectivity index (χ3v) is 7.22. The summed E-state index contributed by atoms with van der Waals surface area (Å²) in [7, 11) is 0. The maximum Gasteiger partial charge on any atom is 0.253 e. The van der Waals surface area contributed by atoms with Crippen molar-refractivity contribution in [3.8, 4) is 0 Å². The summed E-state index contributed by atoms with van der Waals surface area (Å²) in [5, 5.41) is 22.8. The first-order valence-corrected chi connectivity index (χ1v) is 14.4. The van der Waals surface area contributed by atoms with Crippen LogP contribution in [0, 0.1) is 0 Å². The average Bonchev–Trinajstić information content (AvgIpc) is 3.23. The molecule has 0 radical (unpaired) electrons. The van der Waals surface area contributed by atoms with Gasteiger partial charge in [0.05, 0.1) is 11.1 Å². The molecule has 3 heterocycles. The zero-order valence-electron chi connectivity index (χ0n) is 24.0. The molecule has 0 aromatic rings. The molecular weight excluding hydrogens is 532 g/mol. The lowest BCUT2D eigenvalue weighted by Gasteiger charge is -2.40. The lowest BCUT2D eigenvalue weighted by Crippen LogP contribution is -2.70. The van der Waals surface area contributed by atoms with Crippen LogP contribution in [0.2, 0.25) is 0 Å². The van der Waals surface area contributed by atoms with E-state index in [0.29, 0.717) is 84.8 Å². The van der Waals surface area contributed by atoms with Crippen LogP contribution >= 0.6 is 0 Å². The largest absolute Gasteiger partial charge is 0.356 e. The van der Waals surface area contributed by atoms with Crippen LogP contribution in [0.5, 0.6) is 0 Å². The van der Waals surface area contributed by atoms with Gasteiger partial charge in [-0.2, -0.15) is 0 Å². The van der Waals surface area contributed by atoms with Gasteiger partial charge < -0.3 is 37.2 Å². The molecule has 9 N–H and O–H groups in total. The van der Waals surface area contributed by atoms with E-state index in [1.165, 1.54) is 19.1 Å². The van der Waals surface area contributed by atoms with Crippen LogP contribution in [0.25, 0.3) is 0 Å². The van der Waals surface area contributed by atoms with E-state index < -0.39 is 11.1 Å². The van der Waals surface area contributed by atoms with Crippen molar-refractivity contribution >= 4 is 29.5 Å². The molecule has 3 aliphatic rings. The molecule has 0 saturated carbocycles. The summed E-state index contributed by atoms with van der Waals surface area (Å²) < 4.78 is 0. The molecule has 5 amide bonds. The number of hydrogen-bond acceptors (Lipinski definition) is 11. The number of nitrogens with one attached hydrogen (secondary N) is 9. The number of nitrogens with zero attached hydrogens (tertiary/aromatic N) is 1. The quantitative estimate of drug-likeness (QED) is 0.0900. The topological polar surface area (TPSA) is 197 Å². The summed E-state index contributed by atoms with van der Waals surface area (Å²) in [5.41, 5.74) is 5.33. The standard InChI is InChI=1S/C26H46N10O5/c1-20(37)34-25-14-27-9-11-29-16-26(19-33-32-18-25,17-30-12-10-28-15-25)35-22(39)5-2-4-21(38)31-8-3-13-36-23(40)6-7-24(36)41/h6-7,27-30,32-33H,2-5,8-19H2,1H3,(H,31,38)(H,34,37)(H,35,39)/t25-,26+. The number of imide groups is 1. The van der Waals surface area contributed by atoms with Crippen LogP contribution in [0.4, 0.5) is 0 Å². The molecule has 0 spiro atoms. The lowest BCUT2D eigenvalue weighted by atomic mass is 9.96. The molecule has 0 aromatic heterocycles. The molecule has 15 nitrogen and oxygen atoms in total. The first kappa shape index (κ1) is 32.6. The molecule has 0 aromatic carbocycles. The van der Waals surface area contributed by atoms with Crippen LogP contribution < -0.4 is 48.1 Å². The summed E-state index contributed by atoms with van der Waals surface area (Å²) >= 11 is 0. The van der Waals surface area contributed by atoms with Gasteiger partial charge >= 0.3 is 0 Å². The van der Waals surface area contributed by atoms with Crippen LogP contribution in [-0.2, 0) is 24.0 Å². The summed E-state index contributed by atoms with van der Waals surface area (Å²) in [6.45, 7) is 8.04. The van der Waals surface area contributed by atoms with Gasteiger partial charge in [0.2, 0.25) is 17.7 Å². The maximum atomic E-state index is 13.0. The number of amides is 5. The fraction of sp³-hybridized carbons (Fsp3) is 0.731. The van der Waals surface area contributed by atoms with Crippen molar-refractivity contribution in [3.05, 3.63) is 12.2 Å². The van der Waals surface area contributed by atoms with Gasteiger partial charge in [-0.15, -0.1) is 0 Å². The van der Waals surface area contributed by atoms with E-state index in [4.69, 9.17) is 0 Å². The predicted molar refractivity (Wildman–Crippen MR) is 152 cm³/mol. The molecule has 2 bridgehead atoms. The fourth-order valence-electron chi connectivity index (χ4n) is 5.11. The highest BCUT2D eigenvalue weighted by molar-refractivity contribution is 6.12. The third-order valence-electron chi connectivity index (χ3n) is 7.22. The van der Waals surface area contributed by atoms with Crippen molar-refractivity contribution in [2.75, 3.05) is 78.5 Å². The monoisotopic (exact) mass is 578 g/mol. The molecule has 2 saturated heterocycles. The summed E-state index contributed by atoms with van der Waals surface area (Å²) in [4.78, 5) is 61.5. The SMILES string of the molecule is CC(=O)N[C@]12CNCCNC[C@](NC(=O)CCCC(=O)NCCCN3C(=O)C=CC3=O)(CNCCNC1)CNNC2. The highest BCUT2D eigenvalue weighted by Gasteiger charge is 2.34. The van der Waals surface area contributed by atoms with Crippen molar-refractivity contribution < 1.29 is 24.0 Å². The Balaban J connectivity index is 1.47. The Morgan fingerprint density at radius 3 is 1.73 bits per heavy atom. The molecule has 0 aliphatic carbocycles. The Morgan fingerprint density at radius 1 is 0.732 bits per heavy atom. The second-order valence-electron chi connectivity index (χ2n) is 10.9. The van der Waals surface area contributed by atoms with E-state index in [-0.39, 0.29) is 48.9 Å². The van der Waals surface area contributed by atoms with Crippen molar-refractivity contribution in [2.45, 2.75) is 43.7 Å². The molecular formula is C26H46N10O5. The highest BCUT2D eigenvalue weighted by Crippen LogP contribution is 2.08. The Kier molecular flexibility index (Phi) is 13.1. The predicted octanol–water partition coefficient (Wildman–Crippen LogP) is -4.20. The molecule has 0 unspecified atom stereocenters. The zero-order chi connectivity index (χ0) is 29.6. The Morgan fingerprint density at radius 2 is 1.22 bits per heavy atom. The van der Waals surface area contributed by atoms with Crippen LogP contribution in [0.3, 0.4) is 0 Å². The second kappa shape index (κ2) is 16.5. The minimum atomic E-state index is -0.638. The molecule has 0 atom stereocenters. The van der Waals surface area contributed by atoms with Gasteiger partial charge in [-0.25, -0.2) is 0 Å². The summed E-state index contributed by atoms with van der Waals surface area (Å²) in [6.07, 6.45) is 3.72. The van der Waals surface area contributed by atoms with Gasteiger partial charge in [0, 0.05) is 110 Å². The Bertz CT molecular complexity index is 925. The molecule has 3 aliphatic heterocycles. The van der Waals surface area contributed by atoms with Gasteiger partial charge in [0.15, 0.2) is 0 Å². The fourth-order valence-corrected chi connectivity index (χ4v) is 5.11. The highest BCUT2D eigenvalue weighted by atomic mass is 16.2. The van der Waals surface area contributed by atoms with Crippen molar-refractivity contribution in [3.63, 3.8) is 0 Å². The van der Waals surface area contributed by atoms with Gasteiger partial charge in [0.1, 0.15) is 0 Å². The third kappa shape index (κ3) is 11.1. The van der Waals surface area contributed by atoms with Gasteiger partial charge in [-0.05, 0) is 12.8 Å². The molecule has 3 rings (SSSR count). The smallest absolute Gasteiger partial charge is 0.253 e. The lowest BCUT2D eigenvalue weighted by molar-refractivity contribution is -0.136. The number of hydrogen-bond donors (Lipinski definition) is 9. The van der Waals surface area contributed by atoms with E-state index in [2.05, 4.69) is 48.1 Å². The zero-order valence-corrected chi connectivity index (χ0v) is 24.0. The van der Waals surface area contributed by atoms with Gasteiger partial charge in [-0.3, -0.25) is 39.7 Å². The Hall–Kier alpha value is -2.95. The summed E-state index contributed by atoms with van der Waals surface area (Å²) in [6, 6.07) is 0. The van der Waals surface area contributed by atoms with E-state index in [1.807, 2.05) is 0 Å². The molecule has 230 valence electrons. The number of fused-ring (bicyclic) bond motifs is 5. The Labute approximate surface area is 241 Å². The van der Waals surface area contributed by atoms with Crippen LogP contribution in [-0.4, -0.2) is 124 Å². The minimum absolute atomic E-state index is 0.103. The van der Waals surface area contributed by atoms with E-state index in [0.717, 1.165) is 4.90 Å². The molecule has 15 heteroatoms. The van der Waals surface area contributed by atoms with E-state index in [1.54, 1.807) is 0 Å². The second-order valence-corrected chi connectivity index (χ2v) is 10.9. The number of hydrazine groups is 1. The van der Waals surface area contributed by atoms with E-state index >= 15 is 0 Å². The van der Waals surface area contributed by atoms with Crippen LogP contribution in [0.1, 0.15) is 32.6 Å². The van der Waals surface area contributed by atoms with Crippen molar-refractivity contribution in [1.29, 1.82) is 0 Å². The van der Waals surface area contributed by atoms with Gasteiger partial charge in [-0.1, -0.05) is 0 Å².